The number of hydrogen-bond acceptors (Lipinski definition) is 5. The topological polar surface area (TPSA) is 98.9 Å². The van der Waals surface area contributed by atoms with Gasteiger partial charge in [0.15, 0.2) is 5.52 Å². The zero-order chi connectivity index (χ0) is 21.1. The molecule has 0 fully saturated rings. The van der Waals surface area contributed by atoms with E-state index in [4.69, 9.17) is 0 Å². The third-order valence-corrected chi connectivity index (χ3v) is 4.71. The number of benzene rings is 1. The fraction of sp³-hybridized carbons (Fsp3) is 0.136. The van der Waals surface area contributed by atoms with Gasteiger partial charge in [-0.25, -0.2) is 9.78 Å². The highest BCUT2D eigenvalue weighted by atomic mass is 16.2. The lowest BCUT2D eigenvalue weighted by atomic mass is 10.2. The molecule has 4 rings (SSSR count). The van der Waals surface area contributed by atoms with E-state index in [1.807, 2.05) is 19.1 Å². The van der Waals surface area contributed by atoms with Gasteiger partial charge in [0.1, 0.15) is 6.54 Å². The standard InChI is InChI=1S/C22H19N5O3/c1-15-4-6-17(7-5-15)25-19(28)14-26-18-3-2-10-24-20(18)21(29)27(22(26)30)13-16-8-11-23-12-9-16/h2-12H,13-14H2,1H3,(H,25,28). The summed E-state index contributed by atoms with van der Waals surface area (Å²) in [5, 5.41) is 2.78. The lowest BCUT2D eigenvalue weighted by molar-refractivity contribution is -0.116. The fourth-order valence-corrected chi connectivity index (χ4v) is 3.19. The number of amides is 1. The number of hydrogen-bond donors (Lipinski definition) is 1. The second-order valence-corrected chi connectivity index (χ2v) is 6.90. The molecule has 0 radical (unpaired) electrons. The Kier molecular flexibility index (Phi) is 5.21. The first-order valence-corrected chi connectivity index (χ1v) is 9.37. The summed E-state index contributed by atoms with van der Waals surface area (Å²) in [5.41, 5.74) is 1.83. The van der Waals surface area contributed by atoms with Crippen LogP contribution in [0.25, 0.3) is 11.0 Å². The van der Waals surface area contributed by atoms with E-state index in [0.717, 1.165) is 15.7 Å². The van der Waals surface area contributed by atoms with Gasteiger partial charge in [-0.05, 0) is 48.9 Å². The molecule has 0 aliphatic rings. The average Bonchev–Trinajstić information content (AvgIpc) is 2.76. The molecule has 1 N–H and O–H groups in total. The zero-order valence-electron chi connectivity index (χ0n) is 16.3. The van der Waals surface area contributed by atoms with Crippen molar-refractivity contribution < 1.29 is 4.79 Å². The monoisotopic (exact) mass is 401 g/mol. The second kappa shape index (κ2) is 8.12. The SMILES string of the molecule is Cc1ccc(NC(=O)Cn2c(=O)n(Cc3ccncc3)c(=O)c3ncccc32)cc1. The summed E-state index contributed by atoms with van der Waals surface area (Å²) in [6.45, 7) is 1.77. The van der Waals surface area contributed by atoms with Gasteiger partial charge in [0.05, 0.1) is 12.1 Å². The minimum atomic E-state index is -0.573. The molecule has 0 saturated heterocycles. The molecule has 0 saturated carbocycles. The number of rotatable bonds is 5. The summed E-state index contributed by atoms with van der Waals surface area (Å²) >= 11 is 0. The Balaban J connectivity index is 1.74. The third-order valence-electron chi connectivity index (χ3n) is 4.71. The molecular weight excluding hydrogens is 382 g/mol. The van der Waals surface area contributed by atoms with E-state index >= 15 is 0 Å². The van der Waals surface area contributed by atoms with Gasteiger partial charge >= 0.3 is 5.69 Å². The Morgan fingerprint density at radius 2 is 1.70 bits per heavy atom. The lowest BCUT2D eigenvalue weighted by Crippen LogP contribution is -2.42. The minimum absolute atomic E-state index is 0.0618. The highest BCUT2D eigenvalue weighted by Gasteiger charge is 2.16. The summed E-state index contributed by atoms with van der Waals surface area (Å²) < 4.78 is 2.36. The Labute approximate surface area is 171 Å². The number of pyridine rings is 2. The van der Waals surface area contributed by atoms with Crippen LogP contribution in [0.5, 0.6) is 0 Å². The molecule has 3 aromatic heterocycles. The number of nitrogens with zero attached hydrogens (tertiary/aromatic N) is 4. The zero-order valence-corrected chi connectivity index (χ0v) is 16.3. The van der Waals surface area contributed by atoms with Gasteiger partial charge in [-0.15, -0.1) is 0 Å². The van der Waals surface area contributed by atoms with Gasteiger partial charge in [0.25, 0.3) is 5.56 Å². The normalized spacial score (nSPS) is 10.8. The number of carbonyl (C=O) groups is 1. The first-order chi connectivity index (χ1) is 14.5. The Morgan fingerprint density at radius 1 is 0.967 bits per heavy atom. The third kappa shape index (κ3) is 3.88. The fourth-order valence-electron chi connectivity index (χ4n) is 3.19. The Hall–Kier alpha value is -4.07. The average molecular weight is 401 g/mol. The van der Waals surface area contributed by atoms with Crippen molar-refractivity contribution in [2.45, 2.75) is 20.0 Å². The Morgan fingerprint density at radius 3 is 2.43 bits per heavy atom. The molecule has 0 atom stereocenters. The molecule has 8 heteroatoms. The maximum Gasteiger partial charge on any atom is 0.332 e. The second-order valence-electron chi connectivity index (χ2n) is 6.90. The molecule has 0 aliphatic carbocycles. The number of fused-ring (bicyclic) bond motifs is 1. The van der Waals surface area contributed by atoms with Crippen LogP contribution in [-0.4, -0.2) is 25.0 Å². The van der Waals surface area contributed by atoms with Crippen LogP contribution in [0.4, 0.5) is 5.69 Å². The number of nitrogens with one attached hydrogen (secondary N) is 1. The van der Waals surface area contributed by atoms with Crippen molar-refractivity contribution in [3.8, 4) is 0 Å². The van der Waals surface area contributed by atoms with Crippen LogP contribution in [0.3, 0.4) is 0 Å². The van der Waals surface area contributed by atoms with E-state index in [0.29, 0.717) is 11.2 Å². The molecule has 1 amide bonds. The van der Waals surface area contributed by atoms with E-state index in [1.54, 1.807) is 48.8 Å². The molecular formula is C22H19N5O3. The van der Waals surface area contributed by atoms with E-state index in [2.05, 4.69) is 15.3 Å². The predicted molar refractivity (Wildman–Crippen MR) is 113 cm³/mol. The van der Waals surface area contributed by atoms with E-state index in [-0.39, 0.29) is 24.5 Å². The molecule has 30 heavy (non-hydrogen) atoms. The molecule has 0 unspecified atom stereocenters. The molecule has 8 nitrogen and oxygen atoms in total. The van der Waals surface area contributed by atoms with Crippen molar-refractivity contribution in [3.63, 3.8) is 0 Å². The van der Waals surface area contributed by atoms with Crippen molar-refractivity contribution >= 4 is 22.6 Å². The van der Waals surface area contributed by atoms with Gasteiger partial charge < -0.3 is 5.32 Å². The molecule has 0 spiro atoms. The number of anilines is 1. The van der Waals surface area contributed by atoms with Crippen LogP contribution < -0.4 is 16.6 Å². The molecule has 0 aliphatic heterocycles. The van der Waals surface area contributed by atoms with Gasteiger partial charge in [-0.3, -0.25) is 23.7 Å². The number of aryl methyl sites for hydroxylation is 1. The summed E-state index contributed by atoms with van der Waals surface area (Å²) in [7, 11) is 0. The predicted octanol–water partition coefficient (Wildman–Crippen LogP) is 1.95. The maximum atomic E-state index is 13.1. The highest BCUT2D eigenvalue weighted by molar-refractivity contribution is 5.91. The largest absolute Gasteiger partial charge is 0.332 e. The van der Waals surface area contributed by atoms with Gasteiger partial charge in [0.2, 0.25) is 5.91 Å². The maximum absolute atomic E-state index is 13.1. The molecule has 1 aromatic carbocycles. The quantitative estimate of drug-likeness (QED) is 0.551. The van der Waals surface area contributed by atoms with Crippen molar-refractivity contribution in [2.75, 3.05) is 5.32 Å². The van der Waals surface area contributed by atoms with Crippen molar-refractivity contribution in [1.82, 2.24) is 19.1 Å². The molecule has 150 valence electrons. The summed E-state index contributed by atoms with van der Waals surface area (Å²) in [5.74, 6) is -0.375. The van der Waals surface area contributed by atoms with Gasteiger partial charge in [-0.2, -0.15) is 0 Å². The Bertz CT molecular complexity index is 1330. The van der Waals surface area contributed by atoms with Crippen LogP contribution in [0.2, 0.25) is 0 Å². The van der Waals surface area contributed by atoms with E-state index in [9.17, 15) is 14.4 Å². The van der Waals surface area contributed by atoms with Crippen molar-refractivity contribution in [1.29, 1.82) is 0 Å². The van der Waals surface area contributed by atoms with Crippen molar-refractivity contribution in [3.05, 3.63) is 99.1 Å². The summed E-state index contributed by atoms with van der Waals surface area (Å²) in [6, 6.07) is 14.0. The van der Waals surface area contributed by atoms with Crippen LogP contribution in [0.15, 0.2) is 76.7 Å². The van der Waals surface area contributed by atoms with Crippen LogP contribution in [-0.2, 0) is 17.9 Å². The van der Waals surface area contributed by atoms with Crippen LogP contribution in [0.1, 0.15) is 11.1 Å². The van der Waals surface area contributed by atoms with E-state index < -0.39 is 11.2 Å². The minimum Gasteiger partial charge on any atom is -0.325 e. The number of carbonyl (C=O) groups excluding carboxylic acids is 1. The van der Waals surface area contributed by atoms with Crippen LogP contribution in [0, 0.1) is 6.92 Å². The first-order valence-electron chi connectivity index (χ1n) is 9.37. The number of aromatic nitrogens is 4. The first kappa shape index (κ1) is 19.3. The van der Waals surface area contributed by atoms with E-state index in [1.165, 1.54) is 10.8 Å². The lowest BCUT2D eigenvalue weighted by Gasteiger charge is -2.14. The molecule has 0 bridgehead atoms. The molecule has 3 heterocycles. The van der Waals surface area contributed by atoms with Crippen molar-refractivity contribution in [2.24, 2.45) is 0 Å². The van der Waals surface area contributed by atoms with Gasteiger partial charge in [-0.1, -0.05) is 17.7 Å². The van der Waals surface area contributed by atoms with Crippen LogP contribution >= 0.6 is 0 Å². The van der Waals surface area contributed by atoms with Gasteiger partial charge in [0, 0.05) is 24.3 Å². The smallest absolute Gasteiger partial charge is 0.325 e. The highest BCUT2D eigenvalue weighted by Crippen LogP contribution is 2.10. The molecule has 4 aromatic rings. The summed E-state index contributed by atoms with van der Waals surface area (Å²) in [6.07, 6.45) is 4.67. The summed E-state index contributed by atoms with van der Waals surface area (Å²) in [4.78, 5) is 46.8.